The molecule has 1 heterocycles. The molecule has 1 aliphatic heterocycles. The molecule has 0 aromatic heterocycles. The first kappa shape index (κ1) is 23.6. The molecule has 1 amide bonds. The molecule has 1 N–H and O–H groups in total. The number of para-hydroxylation sites is 2. The molecule has 0 radical (unpaired) electrons. The summed E-state index contributed by atoms with van der Waals surface area (Å²) in [6.07, 6.45) is -0.984. The first-order chi connectivity index (χ1) is 15.3. The van der Waals surface area contributed by atoms with Gasteiger partial charge in [-0.15, -0.1) is 0 Å². The highest BCUT2D eigenvalue weighted by molar-refractivity contribution is 7.89. The van der Waals surface area contributed by atoms with Crippen LogP contribution in [-0.4, -0.2) is 57.0 Å². The molecule has 1 aliphatic rings. The van der Waals surface area contributed by atoms with Crippen LogP contribution in [0.5, 0.6) is 11.5 Å². The number of anilines is 1. The van der Waals surface area contributed by atoms with E-state index in [0.29, 0.717) is 35.8 Å². The highest BCUT2D eigenvalue weighted by atomic mass is 32.2. The van der Waals surface area contributed by atoms with Crippen molar-refractivity contribution >= 4 is 27.6 Å². The van der Waals surface area contributed by atoms with Crippen molar-refractivity contribution < 1.29 is 32.2 Å². The van der Waals surface area contributed by atoms with Gasteiger partial charge in [-0.1, -0.05) is 32.0 Å². The molecule has 0 bridgehead atoms. The Morgan fingerprint density at radius 3 is 2.50 bits per heavy atom. The molecule has 10 heteroatoms. The van der Waals surface area contributed by atoms with Gasteiger partial charge in [-0.25, -0.2) is 13.2 Å². The van der Waals surface area contributed by atoms with Crippen LogP contribution >= 0.6 is 0 Å². The zero-order chi connectivity index (χ0) is 23.3. The van der Waals surface area contributed by atoms with Gasteiger partial charge in [0.25, 0.3) is 5.91 Å². The SMILES string of the molecule is CCN(CC)S(=O)(=O)c1ccc(C)c(NC(=O)COC(=O)C2COc3ccccc3O2)c1. The summed E-state index contributed by atoms with van der Waals surface area (Å²) in [7, 11) is -3.67. The van der Waals surface area contributed by atoms with Crippen molar-refractivity contribution in [3.63, 3.8) is 0 Å². The number of sulfonamides is 1. The van der Waals surface area contributed by atoms with Crippen molar-refractivity contribution in [2.45, 2.75) is 31.8 Å². The zero-order valence-corrected chi connectivity index (χ0v) is 19.0. The average Bonchev–Trinajstić information content (AvgIpc) is 2.79. The van der Waals surface area contributed by atoms with Crippen LogP contribution in [0.15, 0.2) is 47.4 Å². The van der Waals surface area contributed by atoms with E-state index in [9.17, 15) is 18.0 Å². The van der Waals surface area contributed by atoms with Crippen molar-refractivity contribution in [2.24, 2.45) is 0 Å². The number of nitrogens with one attached hydrogen (secondary N) is 1. The Balaban J connectivity index is 1.61. The minimum absolute atomic E-state index is 0.0260. The molecule has 0 aliphatic carbocycles. The lowest BCUT2D eigenvalue weighted by atomic mass is 10.2. The van der Waals surface area contributed by atoms with E-state index in [1.54, 1.807) is 51.1 Å². The van der Waals surface area contributed by atoms with Gasteiger partial charge in [0.15, 0.2) is 18.1 Å². The standard InChI is InChI=1S/C22H26N2O7S/c1-4-24(5-2)32(27,28)16-11-10-15(3)17(12-16)23-21(25)14-30-22(26)20-13-29-18-8-6-7-9-19(18)31-20/h6-12,20H,4-5,13-14H2,1-3H3,(H,23,25). The summed E-state index contributed by atoms with van der Waals surface area (Å²) in [5.41, 5.74) is 0.995. The summed E-state index contributed by atoms with van der Waals surface area (Å²) in [6.45, 7) is 5.34. The van der Waals surface area contributed by atoms with E-state index in [1.807, 2.05) is 0 Å². The van der Waals surface area contributed by atoms with Crippen molar-refractivity contribution in [3.05, 3.63) is 48.0 Å². The van der Waals surface area contributed by atoms with E-state index in [-0.39, 0.29) is 11.5 Å². The zero-order valence-electron chi connectivity index (χ0n) is 18.2. The third-order valence-corrected chi connectivity index (χ3v) is 6.99. The second kappa shape index (κ2) is 10.0. The number of hydrogen-bond donors (Lipinski definition) is 1. The number of carbonyl (C=O) groups excluding carboxylic acids is 2. The summed E-state index contributed by atoms with van der Waals surface area (Å²) in [5, 5.41) is 2.60. The second-order valence-corrected chi connectivity index (χ2v) is 9.02. The Bertz CT molecular complexity index is 1100. The number of carbonyl (C=O) groups is 2. The van der Waals surface area contributed by atoms with Gasteiger partial charge >= 0.3 is 5.97 Å². The van der Waals surface area contributed by atoms with Crippen molar-refractivity contribution in [3.8, 4) is 11.5 Å². The Hall–Kier alpha value is -3.11. The van der Waals surface area contributed by atoms with Gasteiger partial charge in [0, 0.05) is 18.8 Å². The molecule has 32 heavy (non-hydrogen) atoms. The molecule has 0 saturated heterocycles. The van der Waals surface area contributed by atoms with Crippen molar-refractivity contribution in [2.75, 3.05) is 31.6 Å². The lowest BCUT2D eigenvalue weighted by molar-refractivity contribution is -0.156. The van der Waals surface area contributed by atoms with Crippen molar-refractivity contribution in [1.82, 2.24) is 4.31 Å². The molecule has 172 valence electrons. The molecule has 0 saturated carbocycles. The summed E-state index contributed by atoms with van der Waals surface area (Å²) < 4.78 is 42.9. The predicted octanol–water partition coefficient (Wildman–Crippen LogP) is 2.35. The average molecular weight is 463 g/mol. The number of fused-ring (bicyclic) bond motifs is 1. The highest BCUT2D eigenvalue weighted by Crippen LogP contribution is 2.31. The topological polar surface area (TPSA) is 111 Å². The van der Waals surface area contributed by atoms with Gasteiger partial charge in [-0.3, -0.25) is 4.79 Å². The fraction of sp³-hybridized carbons (Fsp3) is 0.364. The van der Waals surface area contributed by atoms with Gasteiger partial charge in [-0.05, 0) is 36.8 Å². The van der Waals surface area contributed by atoms with Crippen LogP contribution in [0, 0.1) is 6.92 Å². The van der Waals surface area contributed by atoms with E-state index in [4.69, 9.17) is 14.2 Å². The molecule has 2 aromatic carbocycles. The summed E-state index contributed by atoms with van der Waals surface area (Å²) in [4.78, 5) is 24.7. The normalized spacial score (nSPS) is 15.3. The fourth-order valence-electron chi connectivity index (χ4n) is 3.16. The maximum atomic E-state index is 12.7. The van der Waals surface area contributed by atoms with E-state index >= 15 is 0 Å². The second-order valence-electron chi connectivity index (χ2n) is 7.09. The number of aryl methyl sites for hydroxylation is 1. The number of esters is 1. The lowest BCUT2D eigenvalue weighted by Crippen LogP contribution is -2.39. The van der Waals surface area contributed by atoms with Crippen LogP contribution in [0.3, 0.4) is 0 Å². The van der Waals surface area contributed by atoms with E-state index in [1.165, 1.54) is 16.4 Å². The minimum Gasteiger partial charge on any atom is -0.485 e. The molecule has 2 aromatic rings. The third-order valence-electron chi connectivity index (χ3n) is 4.94. The number of ether oxygens (including phenoxy) is 3. The molecule has 3 rings (SSSR count). The quantitative estimate of drug-likeness (QED) is 0.600. The van der Waals surface area contributed by atoms with E-state index in [2.05, 4.69) is 5.32 Å². The molecule has 1 unspecified atom stereocenters. The Labute approximate surface area is 187 Å². The molecule has 0 spiro atoms. The first-order valence-electron chi connectivity index (χ1n) is 10.2. The van der Waals surface area contributed by atoms with Crippen LogP contribution in [0.4, 0.5) is 5.69 Å². The van der Waals surface area contributed by atoms with Crippen LogP contribution in [-0.2, 0) is 24.3 Å². The van der Waals surface area contributed by atoms with Gasteiger partial charge in [-0.2, -0.15) is 4.31 Å². The third kappa shape index (κ3) is 5.20. The smallest absolute Gasteiger partial charge is 0.351 e. The van der Waals surface area contributed by atoms with E-state index in [0.717, 1.165) is 0 Å². The molecular weight excluding hydrogens is 436 g/mol. The van der Waals surface area contributed by atoms with Crippen LogP contribution in [0.1, 0.15) is 19.4 Å². The first-order valence-corrected chi connectivity index (χ1v) is 11.7. The molecule has 0 fully saturated rings. The number of nitrogens with zero attached hydrogens (tertiary/aromatic N) is 1. The summed E-state index contributed by atoms with van der Waals surface area (Å²) >= 11 is 0. The highest BCUT2D eigenvalue weighted by Gasteiger charge is 2.29. The largest absolute Gasteiger partial charge is 0.485 e. The lowest BCUT2D eigenvalue weighted by Gasteiger charge is -2.24. The Kier molecular flexibility index (Phi) is 7.37. The van der Waals surface area contributed by atoms with Gasteiger partial charge in [0.1, 0.15) is 6.61 Å². The van der Waals surface area contributed by atoms with Gasteiger partial charge < -0.3 is 19.5 Å². The van der Waals surface area contributed by atoms with Gasteiger partial charge in [0.05, 0.1) is 4.90 Å². The number of amides is 1. The molecule has 9 nitrogen and oxygen atoms in total. The van der Waals surface area contributed by atoms with Gasteiger partial charge in [0.2, 0.25) is 16.1 Å². The monoisotopic (exact) mass is 462 g/mol. The van der Waals surface area contributed by atoms with Crippen molar-refractivity contribution in [1.29, 1.82) is 0 Å². The predicted molar refractivity (Wildman–Crippen MR) is 117 cm³/mol. The Morgan fingerprint density at radius 1 is 1.12 bits per heavy atom. The van der Waals surface area contributed by atoms with Crippen LogP contribution in [0.25, 0.3) is 0 Å². The maximum Gasteiger partial charge on any atom is 0.351 e. The summed E-state index contributed by atoms with van der Waals surface area (Å²) in [6, 6.07) is 11.4. The summed E-state index contributed by atoms with van der Waals surface area (Å²) in [5.74, 6) is -0.378. The number of rotatable bonds is 8. The number of hydrogen-bond acceptors (Lipinski definition) is 7. The Morgan fingerprint density at radius 2 is 1.81 bits per heavy atom. The molecule has 1 atom stereocenters. The van der Waals surface area contributed by atoms with Crippen LogP contribution < -0.4 is 14.8 Å². The molecular formula is C22H26N2O7S. The van der Waals surface area contributed by atoms with Crippen LogP contribution in [0.2, 0.25) is 0 Å². The minimum atomic E-state index is -3.67. The fourth-order valence-corrected chi connectivity index (χ4v) is 4.65. The van der Waals surface area contributed by atoms with E-state index < -0.39 is 34.6 Å². The number of benzene rings is 2. The maximum absolute atomic E-state index is 12.7.